The van der Waals surface area contributed by atoms with Crippen LogP contribution < -0.4 is 0 Å². The second kappa shape index (κ2) is 10.4. The van der Waals surface area contributed by atoms with Gasteiger partial charge in [-0.25, -0.2) is 0 Å². The molecule has 0 amide bonds. The van der Waals surface area contributed by atoms with Crippen molar-refractivity contribution in [1.29, 1.82) is 0 Å². The molecule has 9 rings (SSSR count). The van der Waals surface area contributed by atoms with Crippen molar-refractivity contribution in [3.63, 3.8) is 0 Å². The average Bonchev–Trinajstić information content (AvgIpc) is 3.78. The van der Waals surface area contributed by atoms with Crippen LogP contribution in [-0.2, 0) is 0 Å². The molecule has 9 aromatic rings. The summed E-state index contributed by atoms with van der Waals surface area (Å²) in [5.41, 5.74) is -8.25. The molecule has 0 saturated heterocycles. The number of hydrogen-bond donors (Lipinski definition) is 0. The average molecular weight is 601 g/mol. The number of rotatable bonds is 4. The molecule has 0 aliphatic heterocycles. The molecule has 0 radical (unpaired) electrons. The fourth-order valence-corrected chi connectivity index (χ4v) is 5.30. The summed E-state index contributed by atoms with van der Waals surface area (Å²) in [5, 5.41) is -4.08. The highest BCUT2D eigenvalue weighted by Gasteiger charge is 2.20. The molecule has 0 spiro atoms. The van der Waals surface area contributed by atoms with Crippen molar-refractivity contribution in [1.82, 2.24) is 0 Å². The van der Waals surface area contributed by atoms with Gasteiger partial charge in [0.2, 0.25) is 0 Å². The van der Waals surface area contributed by atoms with E-state index in [4.69, 9.17) is 27.7 Å². The first-order valence-corrected chi connectivity index (χ1v) is 13.2. The first kappa shape index (κ1) is 10.1. The van der Waals surface area contributed by atoms with Crippen LogP contribution in [0.5, 0.6) is 0 Å². The number of hydrogen-bond acceptors (Lipinski definition) is 1. The monoisotopic (exact) mass is 600 g/mol. The minimum absolute atomic E-state index is 0.408. The fraction of sp³-hybridized carbons (Fsp3) is 0. The molecular formula is C44H28O. The molecule has 210 valence electrons. The molecule has 0 atom stereocenters. The molecular weight excluding hydrogens is 544 g/mol. The number of para-hydroxylation sites is 1. The number of fused-ring (bicyclic) bond motifs is 5. The summed E-state index contributed by atoms with van der Waals surface area (Å²) in [6.45, 7) is 0. The lowest BCUT2D eigenvalue weighted by Gasteiger charge is -2.20. The zero-order valence-electron chi connectivity index (χ0n) is 50.4. The summed E-state index contributed by atoms with van der Waals surface area (Å²) in [4.78, 5) is 0. The highest BCUT2D eigenvalue weighted by molar-refractivity contribution is 6.22. The van der Waals surface area contributed by atoms with E-state index in [1.165, 1.54) is 0 Å². The third kappa shape index (κ3) is 4.09. The first-order chi connectivity index (χ1) is 34.0. The van der Waals surface area contributed by atoms with E-state index >= 15 is 0 Å². The Kier molecular flexibility index (Phi) is 2.32. The summed E-state index contributed by atoms with van der Waals surface area (Å²) >= 11 is 0. The lowest BCUT2D eigenvalue weighted by Crippen LogP contribution is -1.93. The quantitative estimate of drug-likeness (QED) is 0.183. The molecule has 0 unspecified atom stereocenters. The standard InChI is InChI=1S/C44H28O/c1-2-14-29(15-3-1)43-37-21-8-10-23-39(37)44(40-24-11-9-22-38(40)43)36-20-7-6-18-33(36)32-17-5-4-16-31(32)30-26-27-35-34-19-12-13-25-41(34)45-42(35)28-30/h1-28H/i1D,2D,3D,4D,5D,6D,7D,8D,9D,10D,11D,12D,13D,14D,15D,16D,17D,18D,19D,20D,21D,22D,23D,24D,25D,26D,27D,28D. The summed E-state index contributed by atoms with van der Waals surface area (Å²) in [7, 11) is 0. The smallest absolute Gasteiger partial charge is 0.136 e. The van der Waals surface area contributed by atoms with E-state index in [1.54, 1.807) is 0 Å². The highest BCUT2D eigenvalue weighted by atomic mass is 16.3. The predicted octanol–water partition coefficient (Wildman–Crippen LogP) is 12.6. The molecule has 1 heterocycles. The number of furan rings is 1. The molecule has 8 aromatic carbocycles. The van der Waals surface area contributed by atoms with Crippen LogP contribution in [-0.4, -0.2) is 0 Å². The van der Waals surface area contributed by atoms with Crippen molar-refractivity contribution in [2.24, 2.45) is 0 Å². The molecule has 45 heavy (non-hydrogen) atoms. The maximum absolute atomic E-state index is 9.59. The fourth-order valence-electron chi connectivity index (χ4n) is 5.30. The van der Waals surface area contributed by atoms with E-state index in [9.17, 15) is 15.1 Å². The Morgan fingerprint density at radius 3 is 1.44 bits per heavy atom. The molecule has 1 nitrogen and oxygen atoms in total. The molecule has 0 aliphatic rings. The van der Waals surface area contributed by atoms with Crippen LogP contribution in [0.25, 0.3) is 88.0 Å². The molecule has 1 heteroatoms. The third-order valence-corrected chi connectivity index (χ3v) is 7.14. The first-order valence-electron chi connectivity index (χ1n) is 27.2. The van der Waals surface area contributed by atoms with Crippen LogP contribution in [0.4, 0.5) is 0 Å². The summed E-state index contributed by atoms with van der Waals surface area (Å²) < 4.78 is 257. The van der Waals surface area contributed by atoms with Crippen molar-refractivity contribution in [3.05, 3.63) is 169 Å². The summed E-state index contributed by atoms with van der Waals surface area (Å²) in [6.07, 6.45) is 0. The van der Waals surface area contributed by atoms with Gasteiger partial charge in [0.25, 0.3) is 0 Å². The van der Waals surface area contributed by atoms with Crippen molar-refractivity contribution in [3.8, 4) is 44.5 Å². The Labute approximate surface area is 301 Å². The van der Waals surface area contributed by atoms with Crippen molar-refractivity contribution in [2.75, 3.05) is 0 Å². The van der Waals surface area contributed by atoms with Gasteiger partial charge in [0.05, 0.1) is 38.4 Å². The van der Waals surface area contributed by atoms with Gasteiger partial charge in [0.1, 0.15) is 11.2 Å². The van der Waals surface area contributed by atoms with E-state index in [-0.39, 0.29) is 0 Å². The van der Waals surface area contributed by atoms with Gasteiger partial charge < -0.3 is 4.42 Å². The van der Waals surface area contributed by atoms with Gasteiger partial charge in [0.15, 0.2) is 0 Å². The van der Waals surface area contributed by atoms with E-state index in [0.29, 0.717) is 0 Å². The van der Waals surface area contributed by atoms with Gasteiger partial charge >= 0.3 is 0 Å². The second-order valence-electron chi connectivity index (χ2n) is 9.51. The Morgan fingerprint density at radius 1 is 0.311 bits per heavy atom. The van der Waals surface area contributed by atoms with Crippen LogP contribution in [0, 0.1) is 0 Å². The lowest BCUT2D eigenvalue weighted by molar-refractivity contribution is 0.669. The van der Waals surface area contributed by atoms with E-state index in [0.717, 1.165) is 0 Å². The maximum atomic E-state index is 9.59. The van der Waals surface area contributed by atoms with Crippen LogP contribution in [0.1, 0.15) is 38.4 Å². The zero-order valence-corrected chi connectivity index (χ0v) is 22.4. The number of benzene rings is 8. The van der Waals surface area contributed by atoms with E-state index in [2.05, 4.69) is 0 Å². The molecule has 0 bridgehead atoms. The van der Waals surface area contributed by atoms with Crippen LogP contribution in [0.3, 0.4) is 0 Å². The molecule has 0 saturated carbocycles. The maximum Gasteiger partial charge on any atom is 0.136 e. The Balaban J connectivity index is 1.62. The van der Waals surface area contributed by atoms with Gasteiger partial charge in [-0.2, -0.15) is 0 Å². The van der Waals surface area contributed by atoms with Gasteiger partial charge in [-0.3, -0.25) is 0 Å². The van der Waals surface area contributed by atoms with Gasteiger partial charge in [-0.15, -0.1) is 0 Å². The zero-order chi connectivity index (χ0) is 54.1. The van der Waals surface area contributed by atoms with Gasteiger partial charge in [-0.1, -0.05) is 151 Å². The van der Waals surface area contributed by atoms with E-state index < -0.39 is 257 Å². The van der Waals surface area contributed by atoms with Crippen LogP contribution in [0.2, 0.25) is 0 Å². The third-order valence-electron chi connectivity index (χ3n) is 7.14. The minimum Gasteiger partial charge on any atom is -0.456 e. The Bertz CT molecular complexity index is 4010. The SMILES string of the molecule is [2H]c1c([2H])c([2H])c(-c2c3c([2H])c([2H])c([2H])c([2H])c3c(-c3c([2H])c([2H])c([2H])c([2H])c3-c3c([2H])c([2H])c([2H])c([2H])c3-c3c([2H])c([2H])c4c(oc5c([2H])c([2H])c([2H])c([2H])c54)c3[2H])c3c([2H])c([2H])c([2H])c([2H])c23)c([2H])c1[2H]. The van der Waals surface area contributed by atoms with Crippen LogP contribution in [0.15, 0.2) is 174 Å². The topological polar surface area (TPSA) is 13.1 Å². The lowest BCUT2D eigenvalue weighted by atomic mass is 9.83. The van der Waals surface area contributed by atoms with Gasteiger partial charge in [-0.05, 0) is 84.2 Å². The van der Waals surface area contributed by atoms with E-state index in [1.807, 2.05) is 0 Å². The second-order valence-corrected chi connectivity index (χ2v) is 9.51. The molecule has 0 fully saturated rings. The Hall–Kier alpha value is -5.92. The minimum atomic E-state index is -1.16. The molecule has 1 aromatic heterocycles. The Morgan fingerprint density at radius 2 is 0.778 bits per heavy atom. The van der Waals surface area contributed by atoms with Crippen LogP contribution >= 0.6 is 0 Å². The highest BCUT2D eigenvalue weighted by Crippen LogP contribution is 2.47. The van der Waals surface area contributed by atoms with Crippen molar-refractivity contribution >= 4 is 43.5 Å². The van der Waals surface area contributed by atoms with Crippen molar-refractivity contribution < 1.29 is 42.8 Å². The normalized spacial score (nSPS) is 20.3. The van der Waals surface area contributed by atoms with Gasteiger partial charge in [0, 0.05) is 10.8 Å². The molecule has 0 N–H and O–H groups in total. The summed E-state index contributed by atoms with van der Waals surface area (Å²) in [5.74, 6) is 0. The van der Waals surface area contributed by atoms with Crippen molar-refractivity contribution in [2.45, 2.75) is 0 Å². The predicted molar refractivity (Wildman–Crippen MR) is 190 cm³/mol. The summed E-state index contributed by atoms with van der Waals surface area (Å²) in [6, 6.07) is -27.8. The molecule has 0 aliphatic carbocycles. The largest absolute Gasteiger partial charge is 0.456 e.